The molecule has 2 fully saturated rings. The predicted molar refractivity (Wildman–Crippen MR) is 79.0 cm³/mol. The van der Waals surface area contributed by atoms with Gasteiger partial charge in [0.1, 0.15) is 4.92 Å². The van der Waals surface area contributed by atoms with E-state index >= 15 is 0 Å². The maximum absolute atomic E-state index is 12.3. The second-order valence-corrected chi connectivity index (χ2v) is 5.77. The maximum Gasteiger partial charge on any atom is 0.433 e. The third-order valence-electron chi connectivity index (χ3n) is 4.28. The molecule has 3 heterocycles. The van der Waals surface area contributed by atoms with Crippen molar-refractivity contribution in [3.63, 3.8) is 0 Å². The fourth-order valence-corrected chi connectivity index (χ4v) is 2.80. The van der Waals surface area contributed by atoms with Gasteiger partial charge >= 0.3 is 5.88 Å². The molecule has 2 aliphatic heterocycles. The van der Waals surface area contributed by atoms with E-state index in [-0.39, 0.29) is 30.7 Å². The largest absolute Gasteiger partial charge is 0.433 e. The van der Waals surface area contributed by atoms with Crippen LogP contribution in [-0.2, 0) is 9.59 Å². The molecule has 0 aromatic carbocycles. The first kappa shape index (κ1) is 16.0. The number of carbonyl (C=O) groups is 3. The van der Waals surface area contributed by atoms with E-state index in [4.69, 9.17) is 4.42 Å². The summed E-state index contributed by atoms with van der Waals surface area (Å²) < 4.78 is 4.88. The summed E-state index contributed by atoms with van der Waals surface area (Å²) in [5.74, 6) is -1.36. The normalized spacial score (nSPS) is 18.2. The van der Waals surface area contributed by atoms with Crippen LogP contribution in [0.2, 0.25) is 0 Å². The summed E-state index contributed by atoms with van der Waals surface area (Å²) in [5.41, 5.74) is 0. The molecule has 0 spiro atoms. The third-order valence-corrected chi connectivity index (χ3v) is 4.28. The van der Waals surface area contributed by atoms with Crippen LogP contribution in [0.4, 0.5) is 5.88 Å². The Balaban J connectivity index is 1.51. The molecule has 2 aliphatic rings. The van der Waals surface area contributed by atoms with Crippen molar-refractivity contribution < 1.29 is 23.7 Å². The van der Waals surface area contributed by atoms with Crippen molar-refractivity contribution in [3.8, 4) is 0 Å². The predicted octanol–water partition coefficient (Wildman–Crippen LogP) is -0.440. The van der Waals surface area contributed by atoms with Crippen LogP contribution in [-0.4, -0.2) is 77.1 Å². The molecule has 2 saturated heterocycles. The number of hydrogen-bond acceptors (Lipinski definition) is 6. The number of nitro groups is 1. The summed E-state index contributed by atoms with van der Waals surface area (Å²) >= 11 is 0. The van der Waals surface area contributed by atoms with Crippen molar-refractivity contribution in [2.75, 3.05) is 39.3 Å². The Morgan fingerprint density at radius 1 is 1.17 bits per heavy atom. The first-order chi connectivity index (χ1) is 11.5. The van der Waals surface area contributed by atoms with Crippen LogP contribution in [0.3, 0.4) is 0 Å². The van der Waals surface area contributed by atoms with Crippen molar-refractivity contribution in [3.05, 3.63) is 28.0 Å². The summed E-state index contributed by atoms with van der Waals surface area (Å²) in [5, 5.41) is 10.6. The smallest absolute Gasteiger partial charge is 0.395 e. The molecule has 128 valence electrons. The first-order valence-corrected chi connectivity index (χ1v) is 7.51. The average Bonchev–Trinajstić information content (AvgIpc) is 3.03. The van der Waals surface area contributed by atoms with Crippen molar-refractivity contribution >= 4 is 24.1 Å². The summed E-state index contributed by atoms with van der Waals surface area (Å²) in [6.45, 7) is 2.54. The zero-order valence-corrected chi connectivity index (χ0v) is 12.8. The van der Waals surface area contributed by atoms with Gasteiger partial charge in [0.25, 0.3) is 5.91 Å². The van der Waals surface area contributed by atoms with Gasteiger partial charge in [0.2, 0.25) is 12.3 Å². The van der Waals surface area contributed by atoms with E-state index < -0.39 is 16.7 Å². The van der Waals surface area contributed by atoms with Gasteiger partial charge < -0.3 is 19.1 Å². The lowest BCUT2D eigenvalue weighted by molar-refractivity contribution is -0.402. The lowest BCUT2D eigenvalue weighted by Crippen LogP contribution is -2.58. The summed E-state index contributed by atoms with van der Waals surface area (Å²) in [6.07, 6.45) is 0.772. The van der Waals surface area contributed by atoms with E-state index in [1.165, 1.54) is 11.0 Å². The van der Waals surface area contributed by atoms with E-state index in [2.05, 4.69) is 0 Å². The van der Waals surface area contributed by atoms with E-state index in [1.807, 2.05) is 0 Å². The lowest BCUT2D eigenvalue weighted by atomic mass is 9.97. The minimum atomic E-state index is -0.710. The first-order valence-electron chi connectivity index (χ1n) is 7.51. The monoisotopic (exact) mass is 336 g/mol. The van der Waals surface area contributed by atoms with Crippen LogP contribution in [0, 0.1) is 16.0 Å². The van der Waals surface area contributed by atoms with Gasteiger partial charge in [0.05, 0.1) is 12.0 Å². The van der Waals surface area contributed by atoms with Gasteiger partial charge in [-0.1, -0.05) is 0 Å². The highest BCUT2D eigenvalue weighted by atomic mass is 16.6. The van der Waals surface area contributed by atoms with Gasteiger partial charge in [0, 0.05) is 39.3 Å². The number of piperazine rings is 1. The highest BCUT2D eigenvalue weighted by molar-refractivity contribution is 5.94. The Labute approximate surface area is 136 Å². The van der Waals surface area contributed by atoms with Gasteiger partial charge in [-0.3, -0.25) is 24.5 Å². The van der Waals surface area contributed by atoms with Crippen LogP contribution < -0.4 is 0 Å². The molecule has 0 aliphatic carbocycles. The van der Waals surface area contributed by atoms with Crippen molar-refractivity contribution in [1.82, 2.24) is 14.7 Å². The van der Waals surface area contributed by atoms with Gasteiger partial charge in [-0.25, -0.2) is 0 Å². The highest BCUT2D eigenvalue weighted by Crippen LogP contribution is 2.24. The van der Waals surface area contributed by atoms with Gasteiger partial charge in [-0.2, -0.15) is 0 Å². The minimum Gasteiger partial charge on any atom is -0.395 e. The average molecular weight is 336 g/mol. The number of carbonyl (C=O) groups excluding carboxylic acids is 3. The molecule has 10 heteroatoms. The minimum absolute atomic E-state index is 0.0324. The quantitative estimate of drug-likeness (QED) is 0.418. The number of amides is 3. The van der Waals surface area contributed by atoms with Crippen LogP contribution in [0.5, 0.6) is 0 Å². The second-order valence-electron chi connectivity index (χ2n) is 5.77. The molecule has 0 atom stereocenters. The Morgan fingerprint density at radius 2 is 1.83 bits per heavy atom. The molecular weight excluding hydrogens is 320 g/mol. The Hall–Kier alpha value is -2.91. The van der Waals surface area contributed by atoms with Crippen LogP contribution in [0.25, 0.3) is 0 Å². The standard InChI is InChI=1S/C14H16N4O6/c19-9-15-3-5-16(6-4-15)13(20)10-7-17(8-10)14(21)11-1-2-12(24-11)18(22)23/h1-2,9-10H,3-8H2. The van der Waals surface area contributed by atoms with Crippen LogP contribution >= 0.6 is 0 Å². The van der Waals surface area contributed by atoms with Crippen molar-refractivity contribution in [1.29, 1.82) is 0 Å². The summed E-state index contributed by atoms with van der Waals surface area (Å²) in [7, 11) is 0. The second kappa shape index (κ2) is 6.30. The van der Waals surface area contributed by atoms with E-state index in [1.54, 1.807) is 9.80 Å². The SMILES string of the molecule is O=CN1CCN(C(=O)C2CN(C(=O)c3ccc([N+](=O)[O-])o3)C2)CC1. The highest BCUT2D eigenvalue weighted by Gasteiger charge is 2.39. The number of furan rings is 1. The lowest BCUT2D eigenvalue weighted by Gasteiger charge is -2.42. The molecule has 3 amide bonds. The summed E-state index contributed by atoms with van der Waals surface area (Å²) in [6, 6.07) is 2.39. The molecule has 1 aromatic heterocycles. The third kappa shape index (κ3) is 2.94. The molecule has 0 bridgehead atoms. The van der Waals surface area contributed by atoms with E-state index in [0.717, 1.165) is 12.5 Å². The molecule has 0 unspecified atom stereocenters. The van der Waals surface area contributed by atoms with E-state index in [0.29, 0.717) is 26.2 Å². The van der Waals surface area contributed by atoms with Gasteiger partial charge in [-0.15, -0.1) is 0 Å². The number of likely N-dealkylation sites (tertiary alicyclic amines) is 1. The molecule has 10 nitrogen and oxygen atoms in total. The molecule has 0 saturated carbocycles. The van der Waals surface area contributed by atoms with Gasteiger partial charge in [0.15, 0.2) is 5.76 Å². The fraction of sp³-hybridized carbons (Fsp3) is 0.500. The molecule has 3 rings (SSSR count). The zero-order valence-electron chi connectivity index (χ0n) is 12.8. The zero-order chi connectivity index (χ0) is 17.3. The molecule has 24 heavy (non-hydrogen) atoms. The van der Waals surface area contributed by atoms with E-state index in [9.17, 15) is 24.5 Å². The molecule has 0 radical (unpaired) electrons. The Morgan fingerprint density at radius 3 is 2.38 bits per heavy atom. The van der Waals surface area contributed by atoms with Crippen molar-refractivity contribution in [2.24, 2.45) is 5.92 Å². The summed E-state index contributed by atoms with van der Waals surface area (Å²) in [4.78, 5) is 49.7. The number of hydrogen-bond donors (Lipinski definition) is 0. The van der Waals surface area contributed by atoms with Crippen LogP contribution in [0.1, 0.15) is 10.6 Å². The maximum atomic E-state index is 12.3. The number of nitrogens with zero attached hydrogens (tertiary/aromatic N) is 4. The number of rotatable bonds is 4. The van der Waals surface area contributed by atoms with Crippen LogP contribution in [0.15, 0.2) is 16.5 Å². The molecule has 0 N–H and O–H groups in total. The molecular formula is C14H16N4O6. The van der Waals surface area contributed by atoms with Gasteiger partial charge in [-0.05, 0) is 6.07 Å². The Kier molecular flexibility index (Phi) is 4.19. The topological polar surface area (TPSA) is 117 Å². The Bertz CT molecular complexity index is 673. The van der Waals surface area contributed by atoms with Crippen molar-refractivity contribution in [2.45, 2.75) is 0 Å². The fourth-order valence-electron chi connectivity index (χ4n) is 2.80. The molecule has 1 aromatic rings.